The van der Waals surface area contributed by atoms with E-state index in [1.54, 1.807) is 36.1 Å². The van der Waals surface area contributed by atoms with Crippen LogP contribution in [0.5, 0.6) is 5.75 Å². The molecule has 1 saturated heterocycles. The predicted octanol–water partition coefficient (Wildman–Crippen LogP) is 0.966. The first-order valence-electron chi connectivity index (χ1n) is 7.99. The number of ether oxygens (including phenoxy) is 2. The first-order valence-corrected chi connectivity index (χ1v) is 7.99. The Bertz CT molecular complexity index is 617. The Kier molecular flexibility index (Phi) is 6.17. The number of piperidine rings is 1. The number of amides is 2. The summed E-state index contributed by atoms with van der Waals surface area (Å²) in [5.74, 6) is -1.13. The summed E-state index contributed by atoms with van der Waals surface area (Å²) in [6.07, 6.45) is 1.46. The Balaban J connectivity index is 1.93. The molecule has 7 heteroatoms. The Labute approximate surface area is 140 Å². The van der Waals surface area contributed by atoms with Gasteiger partial charge < -0.3 is 20.1 Å². The van der Waals surface area contributed by atoms with Gasteiger partial charge in [-0.25, -0.2) is 0 Å². The Morgan fingerprint density at radius 1 is 1.29 bits per heavy atom. The molecule has 7 nitrogen and oxygen atoms in total. The van der Waals surface area contributed by atoms with Gasteiger partial charge in [-0.15, -0.1) is 0 Å². The molecule has 1 aliphatic heterocycles. The van der Waals surface area contributed by atoms with E-state index in [0.717, 1.165) is 6.42 Å². The van der Waals surface area contributed by atoms with Crippen molar-refractivity contribution in [1.29, 1.82) is 0 Å². The van der Waals surface area contributed by atoms with Crippen LogP contribution in [0.1, 0.15) is 30.1 Å². The van der Waals surface area contributed by atoms with Gasteiger partial charge in [-0.1, -0.05) is 12.1 Å². The van der Waals surface area contributed by atoms with E-state index in [-0.39, 0.29) is 35.7 Å². The molecule has 24 heavy (non-hydrogen) atoms. The SMILES string of the molecule is CCOC(=O)[C@@H]1CCCN(C(=O)COc2ccccc2C(N)=O)C1. The minimum absolute atomic E-state index is 0.208. The largest absolute Gasteiger partial charge is 0.483 e. The molecule has 130 valence electrons. The van der Waals surface area contributed by atoms with Crippen LogP contribution in [-0.4, -0.2) is 49.0 Å². The number of primary amides is 1. The third-order valence-electron chi connectivity index (χ3n) is 3.90. The predicted molar refractivity (Wildman–Crippen MR) is 86.4 cm³/mol. The summed E-state index contributed by atoms with van der Waals surface area (Å²) < 4.78 is 10.5. The number of likely N-dealkylation sites (tertiary alicyclic amines) is 1. The highest BCUT2D eigenvalue weighted by Crippen LogP contribution is 2.20. The molecule has 1 aliphatic rings. The normalized spacial score (nSPS) is 17.2. The summed E-state index contributed by atoms with van der Waals surface area (Å²) in [7, 11) is 0. The Morgan fingerprint density at radius 3 is 2.75 bits per heavy atom. The van der Waals surface area contributed by atoms with Crippen molar-refractivity contribution in [3.8, 4) is 5.75 Å². The molecule has 0 bridgehead atoms. The van der Waals surface area contributed by atoms with Crippen molar-refractivity contribution < 1.29 is 23.9 Å². The highest BCUT2D eigenvalue weighted by Gasteiger charge is 2.29. The van der Waals surface area contributed by atoms with E-state index in [2.05, 4.69) is 0 Å². The monoisotopic (exact) mass is 334 g/mol. The van der Waals surface area contributed by atoms with Crippen molar-refractivity contribution in [2.45, 2.75) is 19.8 Å². The molecular weight excluding hydrogens is 312 g/mol. The molecule has 2 amide bonds. The van der Waals surface area contributed by atoms with Gasteiger partial charge in [-0.2, -0.15) is 0 Å². The fraction of sp³-hybridized carbons (Fsp3) is 0.471. The maximum Gasteiger partial charge on any atom is 0.310 e. The van der Waals surface area contributed by atoms with Gasteiger partial charge in [0, 0.05) is 13.1 Å². The van der Waals surface area contributed by atoms with Gasteiger partial charge in [0.05, 0.1) is 18.1 Å². The zero-order valence-electron chi connectivity index (χ0n) is 13.7. The molecule has 1 aromatic rings. The minimum atomic E-state index is -0.613. The lowest BCUT2D eigenvalue weighted by Gasteiger charge is -2.31. The number of carbonyl (C=O) groups is 3. The van der Waals surface area contributed by atoms with Gasteiger partial charge in [-0.3, -0.25) is 14.4 Å². The van der Waals surface area contributed by atoms with Gasteiger partial charge >= 0.3 is 5.97 Å². The Morgan fingerprint density at radius 2 is 2.04 bits per heavy atom. The zero-order valence-corrected chi connectivity index (χ0v) is 13.7. The molecule has 0 spiro atoms. The van der Waals surface area contributed by atoms with E-state index in [4.69, 9.17) is 15.2 Å². The molecule has 1 fully saturated rings. The molecule has 1 atom stereocenters. The van der Waals surface area contributed by atoms with E-state index in [9.17, 15) is 14.4 Å². The number of hydrogen-bond acceptors (Lipinski definition) is 5. The molecule has 0 radical (unpaired) electrons. The molecule has 2 N–H and O–H groups in total. The number of hydrogen-bond donors (Lipinski definition) is 1. The van der Waals surface area contributed by atoms with Gasteiger partial charge in [0.15, 0.2) is 6.61 Å². The minimum Gasteiger partial charge on any atom is -0.483 e. The highest BCUT2D eigenvalue weighted by molar-refractivity contribution is 5.95. The third kappa shape index (κ3) is 4.47. The second-order valence-electron chi connectivity index (χ2n) is 5.58. The van der Waals surface area contributed by atoms with E-state index in [0.29, 0.717) is 26.1 Å². The molecule has 0 aliphatic carbocycles. The number of nitrogens with zero attached hydrogens (tertiary/aromatic N) is 1. The summed E-state index contributed by atoms with van der Waals surface area (Å²) in [6, 6.07) is 6.50. The van der Waals surface area contributed by atoms with Crippen LogP contribution in [0.3, 0.4) is 0 Å². The topological polar surface area (TPSA) is 98.9 Å². The van der Waals surface area contributed by atoms with Crippen LogP contribution < -0.4 is 10.5 Å². The van der Waals surface area contributed by atoms with Gasteiger partial charge in [0.2, 0.25) is 0 Å². The number of benzene rings is 1. The first-order chi connectivity index (χ1) is 11.5. The van der Waals surface area contributed by atoms with Crippen LogP contribution in [-0.2, 0) is 14.3 Å². The number of esters is 1. The van der Waals surface area contributed by atoms with Crippen molar-refractivity contribution in [3.05, 3.63) is 29.8 Å². The van der Waals surface area contributed by atoms with Gasteiger partial charge in [0.1, 0.15) is 5.75 Å². The summed E-state index contributed by atoms with van der Waals surface area (Å²) >= 11 is 0. The van der Waals surface area contributed by atoms with E-state index in [1.165, 1.54) is 0 Å². The van der Waals surface area contributed by atoms with Crippen LogP contribution in [0.2, 0.25) is 0 Å². The molecule has 0 unspecified atom stereocenters. The van der Waals surface area contributed by atoms with Crippen molar-refractivity contribution >= 4 is 17.8 Å². The van der Waals surface area contributed by atoms with Crippen LogP contribution in [0, 0.1) is 5.92 Å². The van der Waals surface area contributed by atoms with Crippen LogP contribution in [0.15, 0.2) is 24.3 Å². The van der Waals surface area contributed by atoms with E-state index >= 15 is 0 Å². The van der Waals surface area contributed by atoms with Crippen molar-refractivity contribution in [2.75, 3.05) is 26.3 Å². The van der Waals surface area contributed by atoms with Gasteiger partial charge in [0.25, 0.3) is 11.8 Å². The summed E-state index contributed by atoms with van der Waals surface area (Å²) in [6.45, 7) is 2.79. The second-order valence-corrected chi connectivity index (χ2v) is 5.58. The molecule has 1 aromatic carbocycles. The van der Waals surface area contributed by atoms with E-state index < -0.39 is 5.91 Å². The summed E-state index contributed by atoms with van der Waals surface area (Å²) in [4.78, 5) is 37.1. The lowest BCUT2D eigenvalue weighted by atomic mass is 9.98. The summed E-state index contributed by atoms with van der Waals surface area (Å²) in [5, 5.41) is 0. The zero-order chi connectivity index (χ0) is 17.5. The highest BCUT2D eigenvalue weighted by atomic mass is 16.5. The maximum absolute atomic E-state index is 12.3. The standard InChI is InChI=1S/C17H22N2O5/c1-2-23-17(22)12-6-5-9-19(10-12)15(20)11-24-14-8-4-3-7-13(14)16(18)21/h3-4,7-8,12H,2,5-6,9-11H2,1H3,(H2,18,21)/t12-/m1/s1. The first kappa shape index (κ1) is 17.8. The van der Waals surface area contributed by atoms with Crippen molar-refractivity contribution in [3.63, 3.8) is 0 Å². The number of para-hydroxylation sites is 1. The molecule has 0 aromatic heterocycles. The molecular formula is C17H22N2O5. The van der Waals surface area contributed by atoms with Gasteiger partial charge in [-0.05, 0) is 31.9 Å². The van der Waals surface area contributed by atoms with Crippen LogP contribution >= 0.6 is 0 Å². The lowest BCUT2D eigenvalue weighted by molar-refractivity contribution is -0.151. The quantitative estimate of drug-likeness (QED) is 0.782. The molecule has 0 saturated carbocycles. The maximum atomic E-state index is 12.3. The van der Waals surface area contributed by atoms with Crippen LogP contribution in [0.4, 0.5) is 0 Å². The fourth-order valence-corrected chi connectivity index (χ4v) is 2.68. The third-order valence-corrected chi connectivity index (χ3v) is 3.90. The number of carbonyl (C=O) groups excluding carboxylic acids is 3. The molecule has 2 rings (SSSR count). The average Bonchev–Trinajstić information content (AvgIpc) is 2.60. The van der Waals surface area contributed by atoms with Crippen molar-refractivity contribution in [1.82, 2.24) is 4.90 Å². The Hall–Kier alpha value is -2.57. The second kappa shape index (κ2) is 8.33. The molecule has 1 heterocycles. The summed E-state index contributed by atoms with van der Waals surface area (Å²) in [5.41, 5.74) is 5.51. The lowest BCUT2D eigenvalue weighted by Crippen LogP contribution is -2.44. The van der Waals surface area contributed by atoms with Crippen LogP contribution in [0.25, 0.3) is 0 Å². The average molecular weight is 334 g/mol. The van der Waals surface area contributed by atoms with E-state index in [1.807, 2.05) is 0 Å². The van der Waals surface area contributed by atoms with Crippen molar-refractivity contribution in [2.24, 2.45) is 11.7 Å². The number of rotatable bonds is 6. The fourth-order valence-electron chi connectivity index (χ4n) is 2.68. The number of nitrogens with two attached hydrogens (primary N) is 1. The smallest absolute Gasteiger partial charge is 0.310 e.